The van der Waals surface area contributed by atoms with Crippen molar-refractivity contribution in [2.24, 2.45) is 5.41 Å². The molecular weight excluding hydrogens is 654 g/mol. The number of alkyl halides is 3. The van der Waals surface area contributed by atoms with Crippen molar-refractivity contribution in [2.75, 3.05) is 51.3 Å². The summed E-state index contributed by atoms with van der Waals surface area (Å²) in [5.41, 5.74) is 0.941. The summed E-state index contributed by atoms with van der Waals surface area (Å²) in [6.45, 7) is 3.02. The number of halogens is 4. The van der Waals surface area contributed by atoms with Crippen molar-refractivity contribution >= 4 is 33.4 Å². The molecule has 1 amide bonds. The molecule has 1 N–H and O–H groups in total. The van der Waals surface area contributed by atoms with E-state index >= 15 is 4.39 Å². The van der Waals surface area contributed by atoms with Gasteiger partial charge in [-0.2, -0.15) is 23.1 Å². The number of amides is 1. The van der Waals surface area contributed by atoms with Gasteiger partial charge in [-0.1, -0.05) is 24.1 Å². The van der Waals surface area contributed by atoms with Crippen molar-refractivity contribution in [3.8, 4) is 35.2 Å². The fraction of sp³-hybridized carbons (Fsp3) is 0.432. The number of phenols is 1. The first-order valence-electron chi connectivity index (χ1n) is 16.7. The number of benzene rings is 3. The van der Waals surface area contributed by atoms with Crippen LogP contribution in [0.2, 0.25) is 0 Å². The number of rotatable bonds is 8. The lowest BCUT2D eigenvalue weighted by Gasteiger charge is -2.42. The van der Waals surface area contributed by atoms with Crippen molar-refractivity contribution in [3.63, 3.8) is 0 Å². The van der Waals surface area contributed by atoms with Gasteiger partial charge in [0, 0.05) is 67.1 Å². The molecule has 0 radical (unpaired) electrons. The minimum Gasteiger partial charge on any atom is -0.508 e. The third kappa shape index (κ3) is 5.64. The second kappa shape index (κ2) is 12.0. The van der Waals surface area contributed by atoms with E-state index in [0.29, 0.717) is 52.6 Å². The molecule has 2 atom stereocenters. The van der Waals surface area contributed by atoms with Crippen molar-refractivity contribution in [3.05, 3.63) is 53.8 Å². The maximum absolute atomic E-state index is 16.9. The van der Waals surface area contributed by atoms with Crippen LogP contribution >= 0.6 is 0 Å². The van der Waals surface area contributed by atoms with Crippen LogP contribution in [0.15, 0.2) is 42.5 Å². The maximum atomic E-state index is 16.9. The first-order valence-corrected chi connectivity index (χ1v) is 16.7. The van der Waals surface area contributed by atoms with Crippen molar-refractivity contribution in [2.45, 2.75) is 50.0 Å². The van der Waals surface area contributed by atoms with Crippen molar-refractivity contribution in [1.29, 1.82) is 0 Å². The Morgan fingerprint density at radius 2 is 1.80 bits per heavy atom. The smallest absolute Gasteiger partial charge is 0.471 e. The third-order valence-corrected chi connectivity index (χ3v) is 10.7. The fourth-order valence-corrected chi connectivity index (χ4v) is 7.96. The highest BCUT2D eigenvalue weighted by Gasteiger charge is 2.52. The van der Waals surface area contributed by atoms with Crippen molar-refractivity contribution < 1.29 is 36.9 Å². The molecule has 50 heavy (non-hydrogen) atoms. The third-order valence-electron chi connectivity index (χ3n) is 10.7. The number of nitrogens with zero attached hydrogens (tertiary/aromatic N) is 5. The molecule has 260 valence electrons. The summed E-state index contributed by atoms with van der Waals surface area (Å²) in [5.74, 6) is 0.390. The molecule has 0 spiro atoms. The number of fused-ring (bicyclic) bond motifs is 4. The van der Waals surface area contributed by atoms with Crippen LogP contribution in [0.25, 0.3) is 32.8 Å². The van der Waals surface area contributed by atoms with Gasteiger partial charge in [0.15, 0.2) is 5.82 Å². The zero-order chi connectivity index (χ0) is 34.9. The molecule has 4 aliphatic rings. The molecule has 4 heterocycles. The van der Waals surface area contributed by atoms with E-state index in [4.69, 9.17) is 20.9 Å². The fourth-order valence-electron chi connectivity index (χ4n) is 7.96. The molecule has 2 unspecified atom stereocenters. The molecule has 9 nitrogen and oxygen atoms in total. The van der Waals surface area contributed by atoms with Gasteiger partial charge in [0.25, 0.3) is 0 Å². The van der Waals surface area contributed by atoms with E-state index in [-0.39, 0.29) is 47.4 Å². The SMILES string of the molecule is C#Cc1cccc2cc(O)cc(-c3ccc4c(N5CC6CCC(C5)N6C(=O)C(F)(F)F)nc(OCC5(CN6CC(OC)C6)CC5)nc4c3F)c12. The standard InChI is InChI=1S/C37H35F4N5O4/c1-3-21-5-4-6-22-13-25(47)14-29(30(21)22)27-9-10-28-32(31(27)38)42-35(50-20-36(11-12-36)19-44-17-26(18-44)49-2)43-33(28)45-15-23-7-8-24(16-45)46(23)34(48)37(39,40)41/h1,4-6,9-10,13-14,23-24,26,47H,7-8,11-12,15-20H2,2H3. The molecule has 4 fully saturated rings. The molecule has 1 saturated carbocycles. The minimum atomic E-state index is -4.97. The topological polar surface area (TPSA) is 91.3 Å². The molecule has 13 heteroatoms. The van der Waals surface area contributed by atoms with Crippen LogP contribution in [0.4, 0.5) is 23.4 Å². The number of phenolic OH excluding ortho intramolecular Hbond substituents is 1. The van der Waals surface area contributed by atoms with Gasteiger partial charge in [-0.3, -0.25) is 9.69 Å². The minimum absolute atomic E-state index is 0.0335. The molecule has 1 aliphatic carbocycles. The number of carbonyl (C=O) groups excluding carboxylic acids is 1. The van der Waals surface area contributed by atoms with Crippen LogP contribution in [0, 0.1) is 23.6 Å². The summed E-state index contributed by atoms with van der Waals surface area (Å²) in [7, 11) is 1.70. The number of aromatic hydroxyl groups is 1. The molecule has 8 rings (SSSR count). The van der Waals surface area contributed by atoms with Crippen LogP contribution in [-0.4, -0.2) is 102 Å². The Morgan fingerprint density at radius 1 is 1.06 bits per heavy atom. The Kier molecular flexibility index (Phi) is 7.80. The Bertz CT molecular complexity index is 2040. The summed E-state index contributed by atoms with van der Waals surface area (Å²) in [5, 5.41) is 12.2. The van der Waals surface area contributed by atoms with E-state index in [0.717, 1.165) is 37.4 Å². The Labute approximate surface area is 285 Å². The lowest BCUT2D eigenvalue weighted by Crippen LogP contribution is -2.59. The first-order chi connectivity index (χ1) is 24.0. The number of hydrogen-bond donors (Lipinski definition) is 1. The number of aromatic nitrogens is 2. The van der Waals surface area contributed by atoms with E-state index < -0.39 is 30.0 Å². The highest BCUT2D eigenvalue weighted by Crippen LogP contribution is 2.48. The first kappa shape index (κ1) is 32.5. The zero-order valence-electron chi connectivity index (χ0n) is 27.3. The quantitative estimate of drug-likeness (QED) is 0.192. The summed E-state index contributed by atoms with van der Waals surface area (Å²) < 4.78 is 69.1. The van der Waals surface area contributed by atoms with Crippen LogP contribution in [0.1, 0.15) is 31.2 Å². The van der Waals surface area contributed by atoms with E-state index in [9.17, 15) is 23.1 Å². The van der Waals surface area contributed by atoms with Crippen LogP contribution in [0.5, 0.6) is 11.8 Å². The average molecular weight is 690 g/mol. The highest BCUT2D eigenvalue weighted by molar-refractivity contribution is 6.04. The zero-order valence-corrected chi connectivity index (χ0v) is 27.3. The van der Waals surface area contributed by atoms with Crippen LogP contribution < -0.4 is 9.64 Å². The second-order valence-corrected chi connectivity index (χ2v) is 14.0. The number of hydrogen-bond acceptors (Lipinski definition) is 8. The lowest BCUT2D eigenvalue weighted by atomic mass is 9.93. The molecule has 3 aliphatic heterocycles. The van der Waals surface area contributed by atoms with E-state index in [1.165, 1.54) is 6.07 Å². The van der Waals surface area contributed by atoms with Gasteiger partial charge in [0.2, 0.25) is 0 Å². The van der Waals surface area contributed by atoms with Gasteiger partial charge >= 0.3 is 18.1 Å². The highest BCUT2D eigenvalue weighted by atomic mass is 19.4. The number of carbonyl (C=O) groups is 1. The number of anilines is 1. The van der Waals surface area contributed by atoms with Crippen LogP contribution in [-0.2, 0) is 9.53 Å². The monoisotopic (exact) mass is 689 g/mol. The molecule has 3 saturated heterocycles. The Balaban J connectivity index is 1.19. The second-order valence-electron chi connectivity index (χ2n) is 14.0. The molecule has 3 aromatic carbocycles. The lowest BCUT2D eigenvalue weighted by molar-refractivity contribution is -0.188. The van der Waals surface area contributed by atoms with E-state index in [1.54, 1.807) is 43.5 Å². The predicted molar refractivity (Wildman–Crippen MR) is 178 cm³/mol. The Morgan fingerprint density at radius 3 is 2.46 bits per heavy atom. The summed E-state index contributed by atoms with van der Waals surface area (Å²) in [4.78, 5) is 26.7. The predicted octanol–water partition coefficient (Wildman–Crippen LogP) is 5.51. The van der Waals surface area contributed by atoms with Gasteiger partial charge in [0.1, 0.15) is 17.1 Å². The van der Waals surface area contributed by atoms with Crippen molar-refractivity contribution in [1.82, 2.24) is 19.8 Å². The molecule has 1 aromatic heterocycles. The van der Waals surface area contributed by atoms with Gasteiger partial charge in [-0.05, 0) is 60.9 Å². The largest absolute Gasteiger partial charge is 0.508 e. The number of methoxy groups -OCH3 is 1. The number of terminal acetylenes is 1. The summed E-state index contributed by atoms with van der Waals surface area (Å²) in [6, 6.07) is 10.2. The molecule has 4 aromatic rings. The number of piperazine rings is 1. The summed E-state index contributed by atoms with van der Waals surface area (Å²) >= 11 is 0. The van der Waals surface area contributed by atoms with Gasteiger partial charge in [-0.15, -0.1) is 6.42 Å². The number of likely N-dealkylation sites (tertiary alicyclic amines) is 1. The van der Waals surface area contributed by atoms with Gasteiger partial charge in [-0.25, -0.2) is 4.39 Å². The molecular formula is C37H35F4N5O4. The summed E-state index contributed by atoms with van der Waals surface area (Å²) in [6.07, 6.45) is 3.81. The van der Waals surface area contributed by atoms with Gasteiger partial charge < -0.3 is 24.4 Å². The maximum Gasteiger partial charge on any atom is 0.471 e. The Hall–Kier alpha value is -4.67. The van der Waals surface area contributed by atoms with E-state index in [1.807, 2.05) is 4.90 Å². The number of ether oxygens (including phenoxy) is 2. The van der Waals surface area contributed by atoms with Gasteiger partial charge in [0.05, 0.1) is 24.8 Å². The average Bonchev–Trinajstić information content (AvgIpc) is 3.80. The normalized spacial score (nSPS) is 21.8. The van der Waals surface area contributed by atoms with E-state index in [2.05, 4.69) is 15.8 Å². The van der Waals surface area contributed by atoms with Crippen LogP contribution in [0.3, 0.4) is 0 Å². The molecule has 2 bridgehead atoms.